The first-order chi connectivity index (χ1) is 7.08. The Kier molecular flexibility index (Phi) is 4.17. The van der Waals surface area contributed by atoms with Gasteiger partial charge < -0.3 is 5.73 Å². The molecule has 0 saturated carbocycles. The molecule has 2 N–H and O–H groups in total. The molecule has 0 spiro atoms. The zero-order valence-electron chi connectivity index (χ0n) is 9.00. The molecular weight excluding hydrogens is 198 g/mol. The molecule has 0 saturated heterocycles. The van der Waals surface area contributed by atoms with Gasteiger partial charge in [0.05, 0.1) is 0 Å². The molecule has 0 aromatic heterocycles. The normalized spacial score (nSPS) is 13.2. The van der Waals surface area contributed by atoms with Crippen LogP contribution in [0.1, 0.15) is 18.5 Å². The van der Waals surface area contributed by atoms with E-state index in [1.807, 2.05) is 18.9 Å². The summed E-state index contributed by atoms with van der Waals surface area (Å²) in [5.41, 5.74) is 6.18. The van der Waals surface area contributed by atoms with Crippen molar-refractivity contribution in [1.82, 2.24) is 4.90 Å². The van der Waals surface area contributed by atoms with Crippen LogP contribution in [0, 0.1) is 11.6 Å². The lowest BCUT2D eigenvalue weighted by Gasteiger charge is -2.25. The van der Waals surface area contributed by atoms with E-state index in [9.17, 15) is 8.78 Å². The molecule has 0 radical (unpaired) electrons. The van der Waals surface area contributed by atoms with Gasteiger partial charge in [-0.25, -0.2) is 8.78 Å². The smallest absolute Gasteiger partial charge is 0.126 e. The first kappa shape index (κ1) is 12.1. The van der Waals surface area contributed by atoms with Crippen molar-refractivity contribution in [3.8, 4) is 0 Å². The number of benzene rings is 1. The van der Waals surface area contributed by atoms with Gasteiger partial charge in [0.2, 0.25) is 0 Å². The molecule has 1 aromatic carbocycles. The van der Waals surface area contributed by atoms with Crippen molar-refractivity contribution in [2.45, 2.75) is 13.0 Å². The average molecular weight is 214 g/mol. The molecule has 15 heavy (non-hydrogen) atoms. The van der Waals surface area contributed by atoms with E-state index in [-0.39, 0.29) is 6.04 Å². The summed E-state index contributed by atoms with van der Waals surface area (Å²) in [5.74, 6) is -1.12. The fraction of sp³-hybridized carbons (Fsp3) is 0.455. The molecule has 1 atom stereocenters. The topological polar surface area (TPSA) is 29.3 Å². The molecule has 0 aliphatic rings. The predicted molar refractivity (Wildman–Crippen MR) is 56.5 cm³/mol. The number of hydrogen-bond donors (Lipinski definition) is 1. The van der Waals surface area contributed by atoms with E-state index >= 15 is 0 Å². The number of hydrogen-bond acceptors (Lipinski definition) is 2. The number of nitrogens with zero attached hydrogens (tertiary/aromatic N) is 1. The van der Waals surface area contributed by atoms with Gasteiger partial charge in [-0.15, -0.1) is 0 Å². The van der Waals surface area contributed by atoms with Crippen molar-refractivity contribution in [2.24, 2.45) is 5.73 Å². The molecule has 0 aliphatic heterocycles. The Balaban J connectivity index is 3.01. The van der Waals surface area contributed by atoms with Crippen molar-refractivity contribution in [1.29, 1.82) is 0 Å². The zero-order valence-corrected chi connectivity index (χ0v) is 9.00. The molecule has 0 bridgehead atoms. The highest BCUT2D eigenvalue weighted by atomic mass is 19.1. The lowest BCUT2D eigenvalue weighted by Crippen LogP contribution is -2.30. The number of likely N-dealkylation sites (N-methyl/N-ethyl adjacent to an activating group) is 1. The van der Waals surface area contributed by atoms with Crippen LogP contribution in [0.15, 0.2) is 18.2 Å². The highest BCUT2D eigenvalue weighted by molar-refractivity contribution is 5.21. The third-order valence-corrected chi connectivity index (χ3v) is 2.52. The maximum atomic E-state index is 13.0. The Hall–Kier alpha value is -1.00. The fourth-order valence-electron chi connectivity index (χ4n) is 1.56. The Morgan fingerprint density at radius 2 is 1.80 bits per heavy atom. The minimum atomic E-state index is -0.562. The molecule has 4 heteroatoms. The van der Waals surface area contributed by atoms with Crippen LogP contribution in [-0.4, -0.2) is 25.0 Å². The van der Waals surface area contributed by atoms with Crippen LogP contribution in [0.4, 0.5) is 8.78 Å². The number of nitrogens with two attached hydrogens (primary N) is 1. The number of halogens is 2. The molecule has 0 fully saturated rings. The van der Waals surface area contributed by atoms with Gasteiger partial charge in [0.25, 0.3) is 0 Å². The monoisotopic (exact) mass is 214 g/mol. The van der Waals surface area contributed by atoms with Gasteiger partial charge >= 0.3 is 0 Å². The van der Waals surface area contributed by atoms with Gasteiger partial charge in [0, 0.05) is 18.7 Å². The Bertz CT molecular complexity index is 308. The third-order valence-electron chi connectivity index (χ3n) is 2.52. The molecule has 1 aromatic rings. The summed E-state index contributed by atoms with van der Waals surface area (Å²) in [6.45, 7) is 3.09. The maximum Gasteiger partial charge on any atom is 0.126 e. The first-order valence-electron chi connectivity index (χ1n) is 4.94. The Labute approximate surface area is 88.7 Å². The maximum absolute atomic E-state index is 13.0. The van der Waals surface area contributed by atoms with Crippen molar-refractivity contribution in [3.05, 3.63) is 35.4 Å². The second-order valence-corrected chi connectivity index (χ2v) is 3.53. The minimum Gasteiger partial charge on any atom is -0.329 e. The second kappa shape index (κ2) is 5.19. The van der Waals surface area contributed by atoms with Gasteiger partial charge in [-0.2, -0.15) is 0 Å². The highest BCUT2D eigenvalue weighted by Gasteiger charge is 2.15. The SMILES string of the molecule is CCN(C)C(CN)c1cc(F)cc(F)c1. The van der Waals surface area contributed by atoms with Gasteiger partial charge in [-0.05, 0) is 31.3 Å². The summed E-state index contributed by atoms with van der Waals surface area (Å²) < 4.78 is 26.0. The van der Waals surface area contributed by atoms with Crippen LogP contribution in [0.25, 0.3) is 0 Å². The molecule has 0 aliphatic carbocycles. The summed E-state index contributed by atoms with van der Waals surface area (Å²) in [4.78, 5) is 1.95. The van der Waals surface area contributed by atoms with E-state index in [4.69, 9.17) is 5.73 Å². The van der Waals surface area contributed by atoms with Crippen LogP contribution in [0.2, 0.25) is 0 Å². The third kappa shape index (κ3) is 2.97. The van der Waals surface area contributed by atoms with Crippen LogP contribution < -0.4 is 5.73 Å². The van der Waals surface area contributed by atoms with Crippen molar-refractivity contribution in [2.75, 3.05) is 20.1 Å². The lowest BCUT2D eigenvalue weighted by atomic mass is 10.1. The molecule has 0 amide bonds. The minimum absolute atomic E-state index is 0.139. The quantitative estimate of drug-likeness (QED) is 0.829. The standard InChI is InChI=1S/C11H16F2N2/c1-3-15(2)11(7-14)8-4-9(12)6-10(13)5-8/h4-6,11H,3,7,14H2,1-2H3. The second-order valence-electron chi connectivity index (χ2n) is 3.53. The van der Waals surface area contributed by atoms with E-state index < -0.39 is 11.6 Å². The van der Waals surface area contributed by atoms with Gasteiger partial charge in [0.1, 0.15) is 11.6 Å². The molecule has 0 heterocycles. The summed E-state index contributed by atoms with van der Waals surface area (Å²) in [7, 11) is 1.88. The van der Waals surface area contributed by atoms with Gasteiger partial charge in [0.15, 0.2) is 0 Å². The van der Waals surface area contributed by atoms with E-state index in [0.717, 1.165) is 12.6 Å². The van der Waals surface area contributed by atoms with Crippen molar-refractivity contribution in [3.63, 3.8) is 0 Å². The predicted octanol–water partition coefficient (Wildman–Crippen LogP) is 1.92. The van der Waals surface area contributed by atoms with Gasteiger partial charge in [-0.1, -0.05) is 6.92 Å². The summed E-state index contributed by atoms with van der Waals surface area (Å²) in [6, 6.07) is 3.38. The summed E-state index contributed by atoms with van der Waals surface area (Å²) in [6.07, 6.45) is 0. The van der Waals surface area contributed by atoms with E-state index in [1.54, 1.807) is 0 Å². The van der Waals surface area contributed by atoms with Crippen LogP contribution in [0.3, 0.4) is 0 Å². The molecular formula is C11H16F2N2. The van der Waals surface area contributed by atoms with Crippen molar-refractivity contribution < 1.29 is 8.78 Å². The summed E-state index contributed by atoms with van der Waals surface area (Å²) in [5, 5.41) is 0. The Morgan fingerprint density at radius 1 is 1.27 bits per heavy atom. The lowest BCUT2D eigenvalue weighted by molar-refractivity contribution is 0.262. The highest BCUT2D eigenvalue weighted by Crippen LogP contribution is 2.20. The van der Waals surface area contributed by atoms with Crippen LogP contribution in [-0.2, 0) is 0 Å². The Morgan fingerprint density at radius 3 is 2.20 bits per heavy atom. The average Bonchev–Trinajstić information content (AvgIpc) is 2.17. The summed E-state index contributed by atoms with van der Waals surface area (Å²) >= 11 is 0. The van der Waals surface area contributed by atoms with Crippen LogP contribution >= 0.6 is 0 Å². The van der Waals surface area contributed by atoms with Gasteiger partial charge in [-0.3, -0.25) is 4.90 Å². The molecule has 2 nitrogen and oxygen atoms in total. The van der Waals surface area contributed by atoms with Crippen LogP contribution in [0.5, 0.6) is 0 Å². The first-order valence-corrected chi connectivity index (χ1v) is 4.94. The van der Waals surface area contributed by atoms with E-state index in [1.165, 1.54) is 12.1 Å². The zero-order chi connectivity index (χ0) is 11.4. The van der Waals surface area contributed by atoms with E-state index in [0.29, 0.717) is 12.1 Å². The molecule has 84 valence electrons. The molecule has 1 unspecified atom stereocenters. The van der Waals surface area contributed by atoms with Crippen molar-refractivity contribution >= 4 is 0 Å². The molecule has 1 rings (SSSR count). The largest absolute Gasteiger partial charge is 0.329 e. The fourth-order valence-corrected chi connectivity index (χ4v) is 1.56. The number of rotatable bonds is 4. The van der Waals surface area contributed by atoms with E-state index in [2.05, 4.69) is 0 Å².